The molecule has 0 saturated heterocycles. The largest absolute Gasteiger partial charge is 0.496 e. The molecule has 0 fully saturated rings. The van der Waals surface area contributed by atoms with Gasteiger partial charge in [0, 0.05) is 4.47 Å². The van der Waals surface area contributed by atoms with Gasteiger partial charge < -0.3 is 4.74 Å². The van der Waals surface area contributed by atoms with Gasteiger partial charge in [0.2, 0.25) is 0 Å². The normalized spacial score (nSPS) is 10.6. The summed E-state index contributed by atoms with van der Waals surface area (Å²) >= 11 is 2.97. The molecule has 1 nitrogen and oxygen atoms in total. The Hall–Kier alpha value is -0.710. The van der Waals surface area contributed by atoms with Crippen LogP contribution in [0, 0.1) is 5.82 Å². The summed E-state index contributed by atoms with van der Waals surface area (Å²) in [6.45, 7) is 0. The van der Waals surface area contributed by atoms with Crippen molar-refractivity contribution >= 4 is 15.9 Å². The Morgan fingerprint density at radius 3 is 2.46 bits per heavy atom. The van der Waals surface area contributed by atoms with Gasteiger partial charge in [0.1, 0.15) is 11.6 Å². The van der Waals surface area contributed by atoms with Crippen molar-refractivity contribution in [1.82, 2.24) is 0 Å². The summed E-state index contributed by atoms with van der Waals surface area (Å²) in [6.07, 6.45) is -2.87. The molecule has 1 aromatic carbocycles. The standard InChI is InChI=1S/C8H6BrF3O/c1-13-6-3-4(9)2-5(10)7(6)8(11)12/h2-3,8H,1H3. The van der Waals surface area contributed by atoms with Crippen LogP contribution in [0.4, 0.5) is 13.2 Å². The maximum atomic E-state index is 13.0. The van der Waals surface area contributed by atoms with Gasteiger partial charge in [-0.15, -0.1) is 0 Å². The lowest BCUT2D eigenvalue weighted by atomic mass is 10.2. The number of halogens is 4. The van der Waals surface area contributed by atoms with E-state index in [1.807, 2.05) is 0 Å². The van der Waals surface area contributed by atoms with E-state index in [-0.39, 0.29) is 5.75 Å². The fourth-order valence-electron chi connectivity index (χ4n) is 0.942. The molecule has 5 heteroatoms. The van der Waals surface area contributed by atoms with E-state index in [1.165, 1.54) is 13.2 Å². The number of methoxy groups -OCH3 is 1. The van der Waals surface area contributed by atoms with Gasteiger partial charge >= 0.3 is 0 Å². The molecule has 0 atom stereocenters. The molecule has 0 heterocycles. The molecule has 1 rings (SSSR count). The van der Waals surface area contributed by atoms with Crippen molar-refractivity contribution in [3.05, 3.63) is 28.0 Å². The SMILES string of the molecule is COc1cc(Br)cc(F)c1C(F)F. The van der Waals surface area contributed by atoms with Gasteiger partial charge in [0.15, 0.2) is 0 Å². The van der Waals surface area contributed by atoms with Crippen molar-refractivity contribution in [2.45, 2.75) is 6.43 Å². The maximum absolute atomic E-state index is 13.0. The lowest BCUT2D eigenvalue weighted by Gasteiger charge is -2.08. The van der Waals surface area contributed by atoms with E-state index in [1.54, 1.807) is 0 Å². The van der Waals surface area contributed by atoms with Crippen LogP contribution in [0.5, 0.6) is 5.75 Å². The molecule has 0 N–H and O–H groups in total. The minimum atomic E-state index is -2.87. The summed E-state index contributed by atoms with van der Waals surface area (Å²) in [5, 5.41) is 0. The van der Waals surface area contributed by atoms with Crippen LogP contribution in [0.2, 0.25) is 0 Å². The predicted octanol–water partition coefficient (Wildman–Crippen LogP) is 3.53. The fraction of sp³-hybridized carbons (Fsp3) is 0.250. The Kier molecular flexibility index (Phi) is 3.19. The molecular weight excluding hydrogens is 249 g/mol. The molecule has 0 saturated carbocycles. The molecule has 0 aliphatic heterocycles. The van der Waals surface area contributed by atoms with Crippen LogP contribution in [0.3, 0.4) is 0 Å². The molecule has 0 aliphatic rings. The minimum absolute atomic E-state index is 0.151. The molecule has 0 aromatic heterocycles. The first-order chi connectivity index (χ1) is 6.06. The fourth-order valence-corrected chi connectivity index (χ4v) is 1.35. The third-order valence-electron chi connectivity index (χ3n) is 1.49. The molecule has 0 aliphatic carbocycles. The molecule has 0 amide bonds. The van der Waals surface area contributed by atoms with Gasteiger partial charge in [0.25, 0.3) is 6.43 Å². The van der Waals surface area contributed by atoms with Crippen LogP contribution < -0.4 is 4.74 Å². The number of ether oxygens (including phenoxy) is 1. The van der Waals surface area contributed by atoms with Crippen molar-refractivity contribution in [3.63, 3.8) is 0 Å². The second-order valence-corrected chi connectivity index (χ2v) is 3.22. The summed E-state index contributed by atoms with van der Waals surface area (Å²) < 4.78 is 42.5. The van der Waals surface area contributed by atoms with Gasteiger partial charge in [-0.05, 0) is 12.1 Å². The van der Waals surface area contributed by atoms with Gasteiger partial charge in [0.05, 0.1) is 12.7 Å². The van der Waals surface area contributed by atoms with Gasteiger partial charge in [-0.25, -0.2) is 13.2 Å². The first-order valence-electron chi connectivity index (χ1n) is 3.37. The molecular formula is C8H6BrF3O. The van der Waals surface area contributed by atoms with E-state index < -0.39 is 17.8 Å². The lowest BCUT2D eigenvalue weighted by molar-refractivity contribution is 0.141. The highest BCUT2D eigenvalue weighted by Crippen LogP contribution is 2.33. The quantitative estimate of drug-likeness (QED) is 0.785. The van der Waals surface area contributed by atoms with E-state index in [0.29, 0.717) is 4.47 Å². The topological polar surface area (TPSA) is 9.23 Å². The monoisotopic (exact) mass is 254 g/mol. The molecule has 0 bridgehead atoms. The van der Waals surface area contributed by atoms with Gasteiger partial charge in [-0.3, -0.25) is 0 Å². The molecule has 0 unspecified atom stereocenters. The number of benzene rings is 1. The highest BCUT2D eigenvalue weighted by Gasteiger charge is 2.19. The average molecular weight is 255 g/mol. The smallest absolute Gasteiger partial charge is 0.270 e. The Balaban J connectivity index is 3.30. The van der Waals surface area contributed by atoms with Crippen molar-refractivity contribution in [3.8, 4) is 5.75 Å². The van der Waals surface area contributed by atoms with Crippen molar-refractivity contribution < 1.29 is 17.9 Å². The second-order valence-electron chi connectivity index (χ2n) is 2.30. The third-order valence-corrected chi connectivity index (χ3v) is 1.95. The van der Waals surface area contributed by atoms with Crippen LogP contribution in [0.25, 0.3) is 0 Å². The van der Waals surface area contributed by atoms with Crippen molar-refractivity contribution in [2.75, 3.05) is 7.11 Å². The summed E-state index contributed by atoms with van der Waals surface area (Å²) in [7, 11) is 1.22. The van der Waals surface area contributed by atoms with E-state index in [2.05, 4.69) is 20.7 Å². The molecule has 72 valence electrons. The molecule has 0 spiro atoms. The zero-order chi connectivity index (χ0) is 10.0. The summed E-state index contributed by atoms with van der Waals surface area (Å²) in [5.41, 5.74) is -0.703. The first-order valence-corrected chi connectivity index (χ1v) is 4.16. The summed E-state index contributed by atoms with van der Waals surface area (Å²) in [4.78, 5) is 0. The van der Waals surface area contributed by atoms with Crippen LogP contribution in [-0.2, 0) is 0 Å². The van der Waals surface area contributed by atoms with Crippen molar-refractivity contribution in [2.24, 2.45) is 0 Å². The third kappa shape index (κ3) is 2.15. The molecule has 1 aromatic rings. The Labute approximate surface area is 81.6 Å². The molecule has 0 radical (unpaired) electrons. The number of rotatable bonds is 2. The molecule has 13 heavy (non-hydrogen) atoms. The van der Waals surface area contributed by atoms with Crippen LogP contribution in [-0.4, -0.2) is 7.11 Å². The van der Waals surface area contributed by atoms with E-state index in [0.717, 1.165) is 6.07 Å². The average Bonchev–Trinajstić information content (AvgIpc) is 2.01. The van der Waals surface area contributed by atoms with E-state index >= 15 is 0 Å². The zero-order valence-corrected chi connectivity index (χ0v) is 8.24. The Morgan fingerprint density at radius 1 is 1.38 bits per heavy atom. The van der Waals surface area contributed by atoms with Gasteiger partial charge in [-0.2, -0.15) is 0 Å². The Morgan fingerprint density at radius 2 is 2.00 bits per heavy atom. The number of hydrogen-bond donors (Lipinski definition) is 0. The van der Waals surface area contributed by atoms with Crippen LogP contribution in [0.1, 0.15) is 12.0 Å². The van der Waals surface area contributed by atoms with E-state index in [4.69, 9.17) is 0 Å². The van der Waals surface area contributed by atoms with Crippen molar-refractivity contribution in [1.29, 1.82) is 0 Å². The predicted molar refractivity (Wildman–Crippen MR) is 45.6 cm³/mol. The Bertz CT molecular complexity index is 315. The highest BCUT2D eigenvalue weighted by molar-refractivity contribution is 9.10. The van der Waals surface area contributed by atoms with E-state index in [9.17, 15) is 13.2 Å². The van der Waals surface area contributed by atoms with Crippen LogP contribution >= 0.6 is 15.9 Å². The van der Waals surface area contributed by atoms with Gasteiger partial charge in [-0.1, -0.05) is 15.9 Å². The highest BCUT2D eigenvalue weighted by atomic mass is 79.9. The van der Waals surface area contributed by atoms with Crippen LogP contribution in [0.15, 0.2) is 16.6 Å². The number of hydrogen-bond acceptors (Lipinski definition) is 1. The second kappa shape index (κ2) is 4.00. The summed E-state index contributed by atoms with van der Waals surface area (Å²) in [6, 6.07) is 2.27. The zero-order valence-electron chi connectivity index (χ0n) is 6.65. The summed E-state index contributed by atoms with van der Waals surface area (Å²) in [5.74, 6) is -1.12. The number of alkyl halides is 2. The first kappa shape index (κ1) is 10.4. The maximum Gasteiger partial charge on any atom is 0.270 e. The lowest BCUT2D eigenvalue weighted by Crippen LogP contribution is -1.96. The minimum Gasteiger partial charge on any atom is -0.496 e.